The van der Waals surface area contributed by atoms with Crippen molar-refractivity contribution in [3.05, 3.63) is 96.8 Å². The van der Waals surface area contributed by atoms with E-state index in [1.165, 1.54) is 42.2 Å². The van der Waals surface area contributed by atoms with Gasteiger partial charge in [0.25, 0.3) is 5.56 Å². The summed E-state index contributed by atoms with van der Waals surface area (Å²) in [5, 5.41) is 11.5. The average molecular weight is 504 g/mol. The van der Waals surface area contributed by atoms with Gasteiger partial charge < -0.3 is 5.11 Å². The first-order chi connectivity index (χ1) is 16.5. The number of aromatic nitrogens is 3. The quantitative estimate of drug-likeness (QED) is 0.420. The fourth-order valence-electron chi connectivity index (χ4n) is 4.17. The highest BCUT2D eigenvalue weighted by Crippen LogP contribution is 2.39. The maximum Gasteiger partial charge on any atom is 0.416 e. The van der Waals surface area contributed by atoms with Crippen LogP contribution in [0.2, 0.25) is 0 Å². The van der Waals surface area contributed by atoms with Crippen molar-refractivity contribution in [2.75, 3.05) is 0 Å². The minimum atomic E-state index is -4.56. The molecule has 0 aliphatic rings. The summed E-state index contributed by atoms with van der Waals surface area (Å²) < 4.78 is 43.6. The zero-order chi connectivity index (χ0) is 25.5. The highest BCUT2D eigenvalue weighted by Gasteiger charge is 2.34. The third kappa shape index (κ3) is 4.68. The van der Waals surface area contributed by atoms with Crippen LogP contribution in [0.4, 0.5) is 13.2 Å². The molecule has 1 aromatic carbocycles. The Balaban J connectivity index is 2.05. The predicted octanol–water partition coefficient (Wildman–Crippen LogP) is 4.50. The van der Waals surface area contributed by atoms with Gasteiger partial charge in [-0.2, -0.15) is 13.2 Å². The van der Waals surface area contributed by atoms with Crippen LogP contribution in [0.25, 0.3) is 10.2 Å². The smallest absolute Gasteiger partial charge is 0.384 e. The van der Waals surface area contributed by atoms with E-state index >= 15 is 0 Å². The van der Waals surface area contributed by atoms with Gasteiger partial charge in [-0.25, -0.2) is 4.79 Å². The van der Waals surface area contributed by atoms with Crippen molar-refractivity contribution in [2.24, 2.45) is 13.0 Å². The Hall–Kier alpha value is -3.24. The number of fused-ring (bicyclic) bond motifs is 1. The molecule has 0 saturated carbocycles. The molecule has 184 valence electrons. The number of nitrogens with zero attached hydrogens (tertiary/aromatic N) is 3. The van der Waals surface area contributed by atoms with Crippen LogP contribution in [0.1, 0.15) is 47.1 Å². The number of aliphatic hydroxyl groups excluding tert-OH is 1. The molecule has 3 heterocycles. The number of hydrogen-bond acceptors (Lipinski definition) is 5. The molecule has 0 radical (unpaired) electrons. The lowest BCUT2D eigenvalue weighted by Gasteiger charge is -2.16. The van der Waals surface area contributed by atoms with E-state index < -0.39 is 29.1 Å². The number of thiophene rings is 1. The van der Waals surface area contributed by atoms with Crippen molar-refractivity contribution in [2.45, 2.75) is 39.1 Å². The van der Waals surface area contributed by atoms with Crippen molar-refractivity contribution in [1.82, 2.24) is 14.1 Å². The molecule has 0 spiro atoms. The van der Waals surface area contributed by atoms with E-state index in [0.717, 1.165) is 22.0 Å². The lowest BCUT2D eigenvalue weighted by Crippen LogP contribution is -2.38. The standard InChI is InChI=1S/C25H24F3N3O3S/c1-14(2)13-31-23-20(22(33)30(3)24(31)34)19(21(32)16-8-6-10-29-12-16)18(35-23)11-15-7-4-5-9-17(15)25(26,27)28/h4-10,12,14,21,32H,11,13H2,1-3H3. The maximum absolute atomic E-state index is 13.7. The number of rotatable bonds is 6. The number of alkyl halides is 3. The van der Waals surface area contributed by atoms with Crippen molar-refractivity contribution in [3.8, 4) is 0 Å². The van der Waals surface area contributed by atoms with Gasteiger partial charge in [-0.15, -0.1) is 11.3 Å². The van der Waals surface area contributed by atoms with E-state index in [2.05, 4.69) is 4.98 Å². The van der Waals surface area contributed by atoms with E-state index in [1.807, 2.05) is 13.8 Å². The van der Waals surface area contributed by atoms with Crippen molar-refractivity contribution in [1.29, 1.82) is 0 Å². The molecule has 1 atom stereocenters. The molecule has 0 aliphatic heterocycles. The summed E-state index contributed by atoms with van der Waals surface area (Å²) in [6, 6.07) is 8.48. The highest BCUT2D eigenvalue weighted by molar-refractivity contribution is 7.18. The van der Waals surface area contributed by atoms with Crippen molar-refractivity contribution < 1.29 is 18.3 Å². The minimum absolute atomic E-state index is 0.0146. The average Bonchev–Trinajstić information content (AvgIpc) is 3.19. The van der Waals surface area contributed by atoms with Crippen LogP contribution in [0, 0.1) is 5.92 Å². The first kappa shape index (κ1) is 24.9. The van der Waals surface area contributed by atoms with Gasteiger partial charge in [0.2, 0.25) is 0 Å². The number of aliphatic hydroxyl groups is 1. The highest BCUT2D eigenvalue weighted by atomic mass is 32.1. The first-order valence-electron chi connectivity index (χ1n) is 11.0. The van der Waals surface area contributed by atoms with Gasteiger partial charge in [-0.05, 0) is 23.6 Å². The van der Waals surface area contributed by atoms with E-state index in [4.69, 9.17) is 0 Å². The van der Waals surface area contributed by atoms with Gasteiger partial charge in [0.1, 0.15) is 10.9 Å². The van der Waals surface area contributed by atoms with Crippen molar-refractivity contribution >= 4 is 21.6 Å². The van der Waals surface area contributed by atoms with Gasteiger partial charge in [0.05, 0.1) is 10.9 Å². The zero-order valence-electron chi connectivity index (χ0n) is 19.3. The molecule has 10 heteroatoms. The summed E-state index contributed by atoms with van der Waals surface area (Å²) in [6.07, 6.45) is -3.08. The Morgan fingerprint density at radius 3 is 2.46 bits per heavy atom. The molecule has 0 aliphatic carbocycles. The molecule has 3 aromatic heterocycles. The Morgan fingerprint density at radius 2 is 1.83 bits per heavy atom. The fraction of sp³-hybridized carbons (Fsp3) is 0.320. The third-order valence-corrected chi connectivity index (χ3v) is 7.01. The first-order valence-corrected chi connectivity index (χ1v) is 11.8. The Morgan fingerprint density at radius 1 is 1.11 bits per heavy atom. The van der Waals surface area contributed by atoms with Gasteiger partial charge >= 0.3 is 11.9 Å². The molecule has 6 nitrogen and oxygen atoms in total. The van der Waals surface area contributed by atoms with Crippen LogP contribution >= 0.6 is 11.3 Å². The SMILES string of the molecule is CC(C)Cn1c(=O)n(C)c(=O)c2c(C(O)c3cccnc3)c(Cc3ccccc3C(F)(F)F)sc21. The minimum Gasteiger partial charge on any atom is -0.384 e. The van der Waals surface area contributed by atoms with Crippen LogP contribution in [-0.4, -0.2) is 19.2 Å². The topological polar surface area (TPSA) is 77.1 Å². The molecule has 1 unspecified atom stereocenters. The van der Waals surface area contributed by atoms with E-state index in [0.29, 0.717) is 21.8 Å². The lowest BCUT2D eigenvalue weighted by atomic mass is 9.96. The second-order valence-corrected chi connectivity index (χ2v) is 9.87. The normalized spacial score (nSPS) is 13.0. The Bertz CT molecular complexity index is 1490. The molecule has 0 fully saturated rings. The predicted molar refractivity (Wildman–Crippen MR) is 129 cm³/mol. The Kier molecular flexibility index (Phi) is 6.70. The lowest BCUT2D eigenvalue weighted by molar-refractivity contribution is -0.138. The molecule has 1 N–H and O–H groups in total. The summed E-state index contributed by atoms with van der Waals surface area (Å²) in [6.45, 7) is 4.15. The molecule has 35 heavy (non-hydrogen) atoms. The summed E-state index contributed by atoms with van der Waals surface area (Å²) >= 11 is 1.07. The molecule has 0 bridgehead atoms. The third-order valence-electron chi connectivity index (χ3n) is 5.78. The number of hydrogen-bond donors (Lipinski definition) is 1. The second-order valence-electron chi connectivity index (χ2n) is 8.79. The molecule has 4 rings (SSSR count). The summed E-state index contributed by atoms with van der Waals surface area (Å²) in [5.74, 6) is 0.0663. The molecular weight excluding hydrogens is 479 g/mol. The monoisotopic (exact) mass is 503 g/mol. The number of halogens is 3. The molecule has 4 aromatic rings. The molecule has 0 amide bonds. The second kappa shape index (κ2) is 9.43. The van der Waals surface area contributed by atoms with Gasteiger partial charge in [-0.3, -0.25) is 18.9 Å². The van der Waals surface area contributed by atoms with Crippen LogP contribution in [0.3, 0.4) is 0 Å². The van der Waals surface area contributed by atoms with Gasteiger partial charge in [0.15, 0.2) is 0 Å². The van der Waals surface area contributed by atoms with Crippen LogP contribution in [0.5, 0.6) is 0 Å². The van der Waals surface area contributed by atoms with Crippen LogP contribution < -0.4 is 11.2 Å². The largest absolute Gasteiger partial charge is 0.416 e. The summed E-state index contributed by atoms with van der Waals surface area (Å²) in [4.78, 5) is 31.0. The number of pyridine rings is 1. The van der Waals surface area contributed by atoms with E-state index in [1.54, 1.807) is 12.1 Å². The molecule has 0 saturated heterocycles. The van der Waals surface area contributed by atoms with Crippen LogP contribution in [-0.2, 0) is 26.2 Å². The zero-order valence-corrected chi connectivity index (χ0v) is 20.2. The summed E-state index contributed by atoms with van der Waals surface area (Å²) in [5.41, 5.74) is -1.29. The van der Waals surface area contributed by atoms with Gasteiger partial charge in [-0.1, -0.05) is 38.1 Å². The van der Waals surface area contributed by atoms with E-state index in [-0.39, 0.29) is 28.9 Å². The molecular formula is C25H24F3N3O3S. The number of benzene rings is 1. The Labute approximate surface area is 202 Å². The van der Waals surface area contributed by atoms with Gasteiger partial charge in [0, 0.05) is 48.4 Å². The van der Waals surface area contributed by atoms with Crippen LogP contribution in [0.15, 0.2) is 58.4 Å². The van der Waals surface area contributed by atoms with E-state index in [9.17, 15) is 27.9 Å². The maximum atomic E-state index is 13.7. The summed E-state index contributed by atoms with van der Waals surface area (Å²) in [7, 11) is 1.36. The fourth-order valence-corrected chi connectivity index (χ4v) is 5.52. The van der Waals surface area contributed by atoms with Crippen molar-refractivity contribution in [3.63, 3.8) is 0 Å².